The molecule has 2 rings (SSSR count). The Bertz CT molecular complexity index is 550. The van der Waals surface area contributed by atoms with Gasteiger partial charge >= 0.3 is 0 Å². The molecule has 92 valence electrons. The van der Waals surface area contributed by atoms with Crippen LogP contribution < -0.4 is 11.1 Å². The second kappa shape index (κ2) is 5.36. The number of hydrogen-bond acceptors (Lipinski definition) is 2. The Kier molecular flexibility index (Phi) is 3.63. The lowest BCUT2D eigenvalue weighted by Crippen LogP contribution is -2.15. The summed E-state index contributed by atoms with van der Waals surface area (Å²) in [5.74, 6) is -0.0569. The van der Waals surface area contributed by atoms with Gasteiger partial charge in [-0.2, -0.15) is 0 Å². The van der Waals surface area contributed by atoms with Crippen molar-refractivity contribution in [3.8, 4) is 0 Å². The van der Waals surface area contributed by atoms with Crippen molar-refractivity contribution < 1.29 is 4.79 Å². The molecule has 0 saturated carbocycles. The molecule has 1 amide bonds. The summed E-state index contributed by atoms with van der Waals surface area (Å²) in [4.78, 5) is 11.9. The first kappa shape index (κ1) is 12.2. The molecule has 0 radical (unpaired) electrons. The van der Waals surface area contributed by atoms with Gasteiger partial charge in [-0.15, -0.1) is 0 Å². The molecule has 0 aromatic heterocycles. The van der Waals surface area contributed by atoms with Gasteiger partial charge in [0, 0.05) is 0 Å². The van der Waals surface area contributed by atoms with Crippen molar-refractivity contribution in [2.75, 3.05) is 11.1 Å². The molecule has 2 aromatic carbocycles. The Morgan fingerprint density at radius 2 is 1.89 bits per heavy atom. The normalized spacial score (nSPS) is 10.1. The van der Waals surface area contributed by atoms with Crippen molar-refractivity contribution in [2.24, 2.45) is 0 Å². The highest BCUT2D eigenvalue weighted by molar-refractivity contribution is 5.95. The van der Waals surface area contributed by atoms with Gasteiger partial charge in [0.25, 0.3) is 0 Å². The van der Waals surface area contributed by atoms with Crippen molar-refractivity contribution >= 4 is 17.3 Å². The van der Waals surface area contributed by atoms with Crippen LogP contribution >= 0.6 is 0 Å². The van der Waals surface area contributed by atoms with Crippen molar-refractivity contribution in [3.05, 3.63) is 59.7 Å². The highest BCUT2D eigenvalue weighted by Gasteiger charge is 2.06. The van der Waals surface area contributed by atoms with E-state index in [1.165, 1.54) is 0 Å². The van der Waals surface area contributed by atoms with Crippen LogP contribution in [0.3, 0.4) is 0 Å². The van der Waals surface area contributed by atoms with Gasteiger partial charge in [-0.05, 0) is 30.2 Å². The van der Waals surface area contributed by atoms with Gasteiger partial charge in [0.05, 0.1) is 17.8 Å². The van der Waals surface area contributed by atoms with E-state index in [1.54, 1.807) is 6.07 Å². The van der Waals surface area contributed by atoms with Crippen LogP contribution in [-0.4, -0.2) is 5.91 Å². The minimum atomic E-state index is -0.0569. The van der Waals surface area contributed by atoms with Crippen LogP contribution in [0.25, 0.3) is 0 Å². The Balaban J connectivity index is 2.05. The maximum Gasteiger partial charge on any atom is 0.228 e. The van der Waals surface area contributed by atoms with E-state index in [4.69, 9.17) is 5.73 Å². The minimum absolute atomic E-state index is 0.0569. The first-order valence-electron chi connectivity index (χ1n) is 5.85. The first-order chi connectivity index (χ1) is 8.65. The van der Waals surface area contributed by atoms with Crippen LogP contribution in [0.2, 0.25) is 0 Å². The van der Waals surface area contributed by atoms with Crippen molar-refractivity contribution in [1.29, 1.82) is 0 Å². The molecule has 18 heavy (non-hydrogen) atoms. The molecule has 0 aliphatic heterocycles. The largest absolute Gasteiger partial charge is 0.397 e. The SMILES string of the molecule is Cc1ccc(N)c(NC(=O)Cc2ccccc2)c1. The summed E-state index contributed by atoms with van der Waals surface area (Å²) in [6, 6.07) is 15.2. The Labute approximate surface area is 107 Å². The molecule has 0 spiro atoms. The number of carbonyl (C=O) groups is 1. The summed E-state index contributed by atoms with van der Waals surface area (Å²) in [7, 11) is 0. The number of hydrogen-bond donors (Lipinski definition) is 2. The van der Waals surface area contributed by atoms with Crippen molar-refractivity contribution in [1.82, 2.24) is 0 Å². The minimum Gasteiger partial charge on any atom is -0.397 e. The molecule has 0 fully saturated rings. The second-order valence-corrected chi connectivity index (χ2v) is 4.30. The number of nitrogen functional groups attached to an aromatic ring is 1. The lowest BCUT2D eigenvalue weighted by atomic mass is 10.1. The topological polar surface area (TPSA) is 55.1 Å². The fraction of sp³-hybridized carbons (Fsp3) is 0.133. The van der Waals surface area contributed by atoms with Crippen LogP contribution in [0.4, 0.5) is 11.4 Å². The predicted molar refractivity (Wildman–Crippen MR) is 74.4 cm³/mol. The summed E-state index contributed by atoms with van der Waals surface area (Å²) in [5.41, 5.74) is 9.13. The average molecular weight is 240 g/mol. The standard InChI is InChI=1S/C15H16N2O/c1-11-7-8-13(16)14(9-11)17-15(18)10-12-5-3-2-4-6-12/h2-9H,10,16H2,1H3,(H,17,18). The monoisotopic (exact) mass is 240 g/mol. The van der Waals surface area contributed by atoms with Gasteiger partial charge < -0.3 is 11.1 Å². The highest BCUT2D eigenvalue weighted by Crippen LogP contribution is 2.19. The maximum atomic E-state index is 11.9. The Morgan fingerprint density at radius 3 is 2.61 bits per heavy atom. The van der Waals surface area contributed by atoms with E-state index in [-0.39, 0.29) is 5.91 Å². The fourth-order valence-electron chi connectivity index (χ4n) is 1.75. The van der Waals surface area contributed by atoms with Crippen LogP contribution in [-0.2, 0) is 11.2 Å². The molecule has 3 N–H and O–H groups in total. The number of nitrogens with two attached hydrogens (primary N) is 1. The zero-order valence-electron chi connectivity index (χ0n) is 10.3. The van der Waals surface area contributed by atoms with Gasteiger partial charge in [-0.1, -0.05) is 36.4 Å². The zero-order valence-corrected chi connectivity index (χ0v) is 10.3. The van der Waals surface area contributed by atoms with E-state index in [2.05, 4.69) is 5.32 Å². The third-order valence-electron chi connectivity index (χ3n) is 2.69. The van der Waals surface area contributed by atoms with Gasteiger partial charge in [-0.3, -0.25) is 4.79 Å². The van der Waals surface area contributed by atoms with E-state index in [0.717, 1.165) is 11.1 Å². The summed E-state index contributed by atoms with van der Waals surface area (Å²) in [6.45, 7) is 1.96. The molecule has 0 aliphatic rings. The Morgan fingerprint density at radius 1 is 1.17 bits per heavy atom. The van der Waals surface area contributed by atoms with Gasteiger partial charge in [0.2, 0.25) is 5.91 Å². The molecular formula is C15H16N2O. The number of anilines is 2. The lowest BCUT2D eigenvalue weighted by Gasteiger charge is -2.09. The molecule has 0 unspecified atom stereocenters. The van der Waals surface area contributed by atoms with E-state index >= 15 is 0 Å². The molecule has 0 atom stereocenters. The second-order valence-electron chi connectivity index (χ2n) is 4.30. The third-order valence-corrected chi connectivity index (χ3v) is 2.69. The number of carbonyl (C=O) groups excluding carboxylic acids is 1. The van der Waals surface area contributed by atoms with Crippen LogP contribution in [0.15, 0.2) is 48.5 Å². The van der Waals surface area contributed by atoms with Crippen LogP contribution in [0.5, 0.6) is 0 Å². The van der Waals surface area contributed by atoms with E-state index in [9.17, 15) is 4.79 Å². The molecule has 0 heterocycles. The average Bonchev–Trinajstić information content (AvgIpc) is 2.35. The summed E-state index contributed by atoms with van der Waals surface area (Å²) < 4.78 is 0. The van der Waals surface area contributed by atoms with Gasteiger partial charge in [-0.25, -0.2) is 0 Å². The van der Waals surface area contributed by atoms with Crippen molar-refractivity contribution in [2.45, 2.75) is 13.3 Å². The summed E-state index contributed by atoms with van der Waals surface area (Å²) in [6.07, 6.45) is 0.355. The maximum absolute atomic E-state index is 11.9. The predicted octanol–water partition coefficient (Wildman–Crippen LogP) is 2.76. The molecule has 0 bridgehead atoms. The molecule has 2 aromatic rings. The number of amides is 1. The molecule has 0 saturated heterocycles. The van der Waals surface area contributed by atoms with Crippen LogP contribution in [0, 0.1) is 6.92 Å². The Hall–Kier alpha value is -2.29. The quantitative estimate of drug-likeness (QED) is 0.810. The zero-order chi connectivity index (χ0) is 13.0. The molecule has 3 heteroatoms. The summed E-state index contributed by atoms with van der Waals surface area (Å²) in [5, 5.41) is 2.84. The van der Waals surface area contributed by atoms with Crippen LogP contribution in [0.1, 0.15) is 11.1 Å². The number of benzene rings is 2. The first-order valence-corrected chi connectivity index (χ1v) is 5.85. The third kappa shape index (κ3) is 3.10. The summed E-state index contributed by atoms with van der Waals surface area (Å²) >= 11 is 0. The van der Waals surface area contributed by atoms with Gasteiger partial charge in [0.15, 0.2) is 0 Å². The number of aryl methyl sites for hydroxylation is 1. The van der Waals surface area contributed by atoms with Gasteiger partial charge in [0.1, 0.15) is 0 Å². The van der Waals surface area contributed by atoms with E-state index < -0.39 is 0 Å². The van der Waals surface area contributed by atoms with E-state index in [1.807, 2.05) is 49.4 Å². The highest BCUT2D eigenvalue weighted by atomic mass is 16.1. The molecular weight excluding hydrogens is 224 g/mol. The molecule has 3 nitrogen and oxygen atoms in total. The number of nitrogens with one attached hydrogen (secondary N) is 1. The molecule has 0 aliphatic carbocycles. The van der Waals surface area contributed by atoms with E-state index in [0.29, 0.717) is 17.8 Å². The lowest BCUT2D eigenvalue weighted by molar-refractivity contribution is -0.115. The van der Waals surface area contributed by atoms with Crippen molar-refractivity contribution in [3.63, 3.8) is 0 Å². The smallest absolute Gasteiger partial charge is 0.228 e. The fourth-order valence-corrected chi connectivity index (χ4v) is 1.75. The number of rotatable bonds is 3.